The molecule has 0 unspecified atom stereocenters. The molecule has 0 spiro atoms. The molecular formula is C18H30N4O2. The average molecular weight is 334 g/mol. The largest absolute Gasteiger partial charge is 0.493 e. The Morgan fingerprint density at radius 2 is 1.96 bits per heavy atom. The number of likely N-dealkylation sites (N-methyl/N-ethyl adjacent to an activating group) is 1. The van der Waals surface area contributed by atoms with Crippen LogP contribution in [0.25, 0.3) is 0 Å². The van der Waals surface area contributed by atoms with Crippen molar-refractivity contribution in [2.24, 2.45) is 10.7 Å². The quantitative estimate of drug-likeness (QED) is 0.562. The number of rotatable bonds is 8. The molecule has 1 fully saturated rings. The molecule has 24 heavy (non-hydrogen) atoms. The Morgan fingerprint density at radius 1 is 1.25 bits per heavy atom. The van der Waals surface area contributed by atoms with E-state index in [1.807, 2.05) is 18.2 Å². The second-order valence-corrected chi connectivity index (χ2v) is 6.24. The lowest BCUT2D eigenvalue weighted by molar-refractivity contribution is 0.249. The van der Waals surface area contributed by atoms with Gasteiger partial charge in [0.25, 0.3) is 0 Å². The molecule has 6 nitrogen and oxygen atoms in total. The highest BCUT2D eigenvalue weighted by atomic mass is 16.5. The summed E-state index contributed by atoms with van der Waals surface area (Å²) in [7, 11) is 5.44. The molecule has 0 atom stereocenters. The molecular weight excluding hydrogens is 304 g/mol. The molecule has 0 bridgehead atoms. The van der Waals surface area contributed by atoms with Gasteiger partial charge in [-0.1, -0.05) is 18.9 Å². The van der Waals surface area contributed by atoms with Crippen LogP contribution in [0.5, 0.6) is 11.5 Å². The minimum absolute atomic E-state index is 0.476. The Balaban J connectivity index is 1.76. The van der Waals surface area contributed by atoms with Gasteiger partial charge in [0.05, 0.1) is 20.8 Å². The molecule has 1 aromatic carbocycles. The van der Waals surface area contributed by atoms with Crippen molar-refractivity contribution in [3.63, 3.8) is 0 Å². The fourth-order valence-corrected chi connectivity index (χ4v) is 3.10. The molecule has 0 saturated heterocycles. The molecule has 0 aliphatic heterocycles. The van der Waals surface area contributed by atoms with Gasteiger partial charge >= 0.3 is 0 Å². The van der Waals surface area contributed by atoms with Gasteiger partial charge in [-0.05, 0) is 37.6 Å². The summed E-state index contributed by atoms with van der Waals surface area (Å²) in [5.41, 5.74) is 6.98. The molecule has 134 valence electrons. The van der Waals surface area contributed by atoms with Gasteiger partial charge < -0.3 is 25.4 Å². The SMILES string of the molecule is COc1ccc(CN=C(N)NCCN(C)C2CCCC2)cc1OC. The number of nitrogens with zero attached hydrogens (tertiary/aromatic N) is 2. The molecule has 0 amide bonds. The molecule has 1 aromatic rings. The number of methoxy groups -OCH3 is 2. The van der Waals surface area contributed by atoms with Crippen molar-refractivity contribution in [1.29, 1.82) is 0 Å². The molecule has 0 aromatic heterocycles. The predicted molar refractivity (Wildman–Crippen MR) is 97.8 cm³/mol. The van der Waals surface area contributed by atoms with Crippen molar-refractivity contribution < 1.29 is 9.47 Å². The lowest BCUT2D eigenvalue weighted by Gasteiger charge is -2.24. The Hall–Kier alpha value is -1.95. The zero-order valence-corrected chi connectivity index (χ0v) is 15.0. The van der Waals surface area contributed by atoms with E-state index < -0.39 is 0 Å². The summed E-state index contributed by atoms with van der Waals surface area (Å²) in [6, 6.07) is 6.50. The fraction of sp³-hybridized carbons (Fsp3) is 0.611. The summed E-state index contributed by atoms with van der Waals surface area (Å²) in [4.78, 5) is 6.81. The Kier molecular flexibility index (Phi) is 7.18. The van der Waals surface area contributed by atoms with Gasteiger partial charge in [0.2, 0.25) is 0 Å². The van der Waals surface area contributed by atoms with Crippen LogP contribution in [-0.2, 0) is 6.54 Å². The van der Waals surface area contributed by atoms with E-state index in [2.05, 4.69) is 22.3 Å². The third kappa shape index (κ3) is 5.30. The maximum atomic E-state index is 5.95. The van der Waals surface area contributed by atoms with E-state index in [0.717, 1.165) is 24.7 Å². The minimum atomic E-state index is 0.476. The number of aliphatic imine (C=N–C) groups is 1. The van der Waals surface area contributed by atoms with Gasteiger partial charge in [0.15, 0.2) is 17.5 Å². The number of benzene rings is 1. The van der Waals surface area contributed by atoms with Gasteiger partial charge in [-0.3, -0.25) is 0 Å². The Bertz CT molecular complexity index is 542. The number of hydrogen-bond donors (Lipinski definition) is 2. The maximum absolute atomic E-state index is 5.95. The lowest BCUT2D eigenvalue weighted by Crippen LogP contribution is -2.40. The summed E-state index contributed by atoms with van der Waals surface area (Å²) in [6.45, 7) is 2.31. The normalized spacial score (nSPS) is 15.8. The van der Waals surface area contributed by atoms with E-state index >= 15 is 0 Å². The van der Waals surface area contributed by atoms with E-state index in [1.165, 1.54) is 25.7 Å². The third-order valence-electron chi connectivity index (χ3n) is 4.60. The van der Waals surface area contributed by atoms with E-state index in [1.54, 1.807) is 14.2 Å². The second kappa shape index (κ2) is 9.37. The Labute approximate surface area is 145 Å². The summed E-state index contributed by atoms with van der Waals surface area (Å²) >= 11 is 0. The van der Waals surface area contributed by atoms with Crippen molar-refractivity contribution >= 4 is 5.96 Å². The Morgan fingerprint density at radius 3 is 2.62 bits per heavy atom. The molecule has 2 rings (SSSR count). The van der Waals surface area contributed by atoms with Crippen molar-refractivity contribution in [2.45, 2.75) is 38.3 Å². The summed E-state index contributed by atoms with van der Waals surface area (Å²) in [5.74, 6) is 1.89. The van der Waals surface area contributed by atoms with Gasteiger partial charge in [-0.15, -0.1) is 0 Å². The molecule has 3 N–H and O–H groups in total. The molecule has 1 aliphatic rings. The van der Waals surface area contributed by atoms with Crippen LogP contribution in [0, 0.1) is 0 Å². The van der Waals surface area contributed by atoms with Crippen molar-refractivity contribution in [3.8, 4) is 11.5 Å². The number of nitrogens with one attached hydrogen (secondary N) is 1. The highest BCUT2D eigenvalue weighted by Crippen LogP contribution is 2.27. The van der Waals surface area contributed by atoms with Gasteiger partial charge in [0, 0.05) is 19.1 Å². The lowest BCUT2D eigenvalue weighted by atomic mass is 10.2. The first-order chi connectivity index (χ1) is 11.6. The first-order valence-electron chi connectivity index (χ1n) is 8.59. The van der Waals surface area contributed by atoms with Crippen molar-refractivity contribution in [3.05, 3.63) is 23.8 Å². The standard InChI is InChI=1S/C18H30N4O2/c1-22(15-6-4-5-7-15)11-10-20-18(19)21-13-14-8-9-16(23-2)17(12-14)24-3/h8-9,12,15H,4-7,10-11,13H2,1-3H3,(H3,19,20,21). The number of guanidine groups is 1. The van der Waals surface area contributed by atoms with Crippen LogP contribution >= 0.6 is 0 Å². The maximum Gasteiger partial charge on any atom is 0.188 e. The number of ether oxygens (including phenoxy) is 2. The van der Waals surface area contributed by atoms with E-state index in [0.29, 0.717) is 24.0 Å². The predicted octanol–water partition coefficient (Wildman–Crippen LogP) is 1.98. The van der Waals surface area contributed by atoms with Crippen LogP contribution in [0.4, 0.5) is 0 Å². The van der Waals surface area contributed by atoms with Crippen molar-refractivity contribution in [2.75, 3.05) is 34.4 Å². The van der Waals surface area contributed by atoms with Gasteiger partial charge in [0.1, 0.15) is 0 Å². The highest BCUT2D eigenvalue weighted by molar-refractivity contribution is 5.77. The van der Waals surface area contributed by atoms with Gasteiger partial charge in [-0.25, -0.2) is 4.99 Å². The van der Waals surface area contributed by atoms with Crippen LogP contribution < -0.4 is 20.5 Å². The molecule has 0 radical (unpaired) electrons. The summed E-state index contributed by atoms with van der Waals surface area (Å²) in [5, 5.41) is 3.19. The van der Waals surface area contributed by atoms with Crippen LogP contribution in [-0.4, -0.2) is 51.3 Å². The minimum Gasteiger partial charge on any atom is -0.493 e. The summed E-state index contributed by atoms with van der Waals surface area (Å²) < 4.78 is 10.5. The third-order valence-corrected chi connectivity index (χ3v) is 4.60. The fourth-order valence-electron chi connectivity index (χ4n) is 3.10. The van der Waals surface area contributed by atoms with E-state index in [-0.39, 0.29) is 0 Å². The molecule has 6 heteroatoms. The molecule has 1 aliphatic carbocycles. The molecule has 1 saturated carbocycles. The average Bonchev–Trinajstić information content (AvgIpc) is 3.14. The van der Waals surface area contributed by atoms with Crippen LogP contribution in [0.3, 0.4) is 0 Å². The van der Waals surface area contributed by atoms with E-state index in [4.69, 9.17) is 15.2 Å². The van der Waals surface area contributed by atoms with Crippen LogP contribution in [0.15, 0.2) is 23.2 Å². The van der Waals surface area contributed by atoms with Crippen molar-refractivity contribution in [1.82, 2.24) is 10.2 Å². The van der Waals surface area contributed by atoms with E-state index in [9.17, 15) is 0 Å². The zero-order chi connectivity index (χ0) is 17.4. The highest BCUT2D eigenvalue weighted by Gasteiger charge is 2.18. The van der Waals surface area contributed by atoms with Crippen LogP contribution in [0.1, 0.15) is 31.2 Å². The number of hydrogen-bond acceptors (Lipinski definition) is 4. The second-order valence-electron chi connectivity index (χ2n) is 6.24. The zero-order valence-electron chi connectivity index (χ0n) is 15.0. The monoisotopic (exact) mass is 334 g/mol. The topological polar surface area (TPSA) is 72.1 Å². The number of nitrogens with two attached hydrogens (primary N) is 1. The molecule has 0 heterocycles. The first kappa shape index (κ1) is 18.4. The smallest absolute Gasteiger partial charge is 0.188 e. The van der Waals surface area contributed by atoms with Gasteiger partial charge in [-0.2, -0.15) is 0 Å². The first-order valence-corrected chi connectivity index (χ1v) is 8.59. The van der Waals surface area contributed by atoms with Crippen LogP contribution in [0.2, 0.25) is 0 Å². The summed E-state index contributed by atoms with van der Waals surface area (Å²) in [6.07, 6.45) is 5.35.